The van der Waals surface area contributed by atoms with Gasteiger partial charge in [0.2, 0.25) is 0 Å². The number of hydrogen-bond donors (Lipinski definition) is 1. The highest BCUT2D eigenvalue weighted by atomic mass is 16.5. The maximum Gasteiger partial charge on any atom is 0.0719 e. The lowest BCUT2D eigenvalue weighted by atomic mass is 9.83. The van der Waals surface area contributed by atoms with Crippen molar-refractivity contribution in [2.24, 2.45) is 5.92 Å². The zero-order valence-electron chi connectivity index (χ0n) is 13.0. The summed E-state index contributed by atoms with van der Waals surface area (Å²) in [6, 6.07) is 9.35. The first-order chi connectivity index (χ1) is 9.85. The molecule has 2 nitrogen and oxygen atoms in total. The van der Waals surface area contributed by atoms with E-state index in [9.17, 15) is 0 Å². The van der Waals surface area contributed by atoms with Crippen molar-refractivity contribution in [1.29, 1.82) is 0 Å². The molecule has 1 aliphatic carbocycles. The molecule has 1 aliphatic rings. The predicted octanol–water partition coefficient (Wildman–Crippen LogP) is 4.28. The molecule has 0 aromatic heterocycles. The lowest BCUT2D eigenvalue weighted by molar-refractivity contribution is 0.133. The second-order valence-corrected chi connectivity index (χ2v) is 5.85. The lowest BCUT2D eigenvalue weighted by Gasteiger charge is -2.32. The minimum atomic E-state index is 0.703. The van der Waals surface area contributed by atoms with Crippen LogP contribution in [0.4, 0.5) is 0 Å². The maximum absolute atomic E-state index is 5.57. The zero-order chi connectivity index (χ0) is 14.2. The third-order valence-corrected chi connectivity index (χ3v) is 4.57. The van der Waals surface area contributed by atoms with Crippen LogP contribution in [0.15, 0.2) is 24.3 Å². The van der Waals surface area contributed by atoms with Crippen molar-refractivity contribution in [3.05, 3.63) is 35.4 Å². The molecule has 1 aromatic carbocycles. The standard InChI is InChI=1S/C18H29NO/c1-3-15-9-7-8-12-18(15)19-13-16-10-5-6-11-17(16)14-20-4-2/h5-6,10-11,15,18-19H,3-4,7-9,12-14H2,1-2H3. The van der Waals surface area contributed by atoms with E-state index >= 15 is 0 Å². The van der Waals surface area contributed by atoms with Gasteiger partial charge in [-0.2, -0.15) is 0 Å². The Kier molecular flexibility index (Phi) is 6.55. The molecule has 0 radical (unpaired) electrons. The van der Waals surface area contributed by atoms with Gasteiger partial charge in [0, 0.05) is 19.2 Å². The third-order valence-electron chi connectivity index (χ3n) is 4.57. The van der Waals surface area contributed by atoms with Gasteiger partial charge in [0.15, 0.2) is 0 Å². The Hall–Kier alpha value is -0.860. The van der Waals surface area contributed by atoms with Crippen LogP contribution in [-0.2, 0) is 17.9 Å². The number of rotatable bonds is 7. The average molecular weight is 275 g/mol. The van der Waals surface area contributed by atoms with Crippen LogP contribution in [0.5, 0.6) is 0 Å². The van der Waals surface area contributed by atoms with Crippen LogP contribution in [0.25, 0.3) is 0 Å². The molecular formula is C18H29NO. The second-order valence-electron chi connectivity index (χ2n) is 5.85. The van der Waals surface area contributed by atoms with Crippen molar-refractivity contribution in [3.63, 3.8) is 0 Å². The minimum Gasteiger partial charge on any atom is -0.377 e. The molecule has 0 aliphatic heterocycles. The monoisotopic (exact) mass is 275 g/mol. The van der Waals surface area contributed by atoms with Crippen LogP contribution < -0.4 is 5.32 Å². The van der Waals surface area contributed by atoms with Crippen molar-refractivity contribution in [2.45, 2.75) is 65.1 Å². The molecule has 1 N–H and O–H groups in total. The van der Waals surface area contributed by atoms with Gasteiger partial charge in [-0.25, -0.2) is 0 Å². The fourth-order valence-electron chi connectivity index (χ4n) is 3.29. The van der Waals surface area contributed by atoms with Crippen LogP contribution in [0.1, 0.15) is 57.1 Å². The summed E-state index contributed by atoms with van der Waals surface area (Å²) in [6.07, 6.45) is 6.84. The molecule has 2 rings (SSSR count). The van der Waals surface area contributed by atoms with Gasteiger partial charge in [0.1, 0.15) is 0 Å². The minimum absolute atomic E-state index is 0.703. The van der Waals surface area contributed by atoms with Gasteiger partial charge in [-0.3, -0.25) is 0 Å². The highest BCUT2D eigenvalue weighted by Gasteiger charge is 2.22. The van der Waals surface area contributed by atoms with E-state index in [1.807, 2.05) is 0 Å². The van der Waals surface area contributed by atoms with E-state index in [0.29, 0.717) is 6.04 Å². The van der Waals surface area contributed by atoms with Crippen molar-refractivity contribution < 1.29 is 4.74 Å². The highest BCUT2D eigenvalue weighted by Crippen LogP contribution is 2.27. The van der Waals surface area contributed by atoms with Gasteiger partial charge in [-0.15, -0.1) is 0 Å². The molecule has 0 saturated heterocycles. The lowest BCUT2D eigenvalue weighted by Crippen LogP contribution is -2.38. The summed E-state index contributed by atoms with van der Waals surface area (Å²) in [5.74, 6) is 0.864. The van der Waals surface area contributed by atoms with Gasteiger partial charge in [0.25, 0.3) is 0 Å². The molecule has 2 unspecified atom stereocenters. The van der Waals surface area contributed by atoms with E-state index in [4.69, 9.17) is 4.74 Å². The van der Waals surface area contributed by atoms with Crippen LogP contribution in [-0.4, -0.2) is 12.6 Å². The molecule has 1 aromatic rings. The van der Waals surface area contributed by atoms with E-state index in [1.165, 1.54) is 43.2 Å². The summed E-state index contributed by atoms with van der Waals surface area (Å²) < 4.78 is 5.57. The summed E-state index contributed by atoms with van der Waals surface area (Å²) >= 11 is 0. The first-order valence-corrected chi connectivity index (χ1v) is 8.23. The normalized spacial score (nSPS) is 22.9. The zero-order valence-corrected chi connectivity index (χ0v) is 13.0. The number of nitrogens with one attached hydrogen (secondary N) is 1. The van der Waals surface area contributed by atoms with Crippen molar-refractivity contribution in [2.75, 3.05) is 6.61 Å². The Bertz CT molecular complexity index is 391. The summed E-state index contributed by atoms with van der Waals surface area (Å²) in [5.41, 5.74) is 2.71. The molecule has 1 saturated carbocycles. The van der Waals surface area contributed by atoms with E-state index in [1.54, 1.807) is 0 Å². The predicted molar refractivity (Wildman–Crippen MR) is 84.6 cm³/mol. The number of hydrogen-bond acceptors (Lipinski definition) is 2. The number of benzene rings is 1. The summed E-state index contributed by atoms with van der Waals surface area (Å²) in [5, 5.41) is 3.80. The molecule has 0 heterocycles. The molecule has 2 heteroatoms. The van der Waals surface area contributed by atoms with E-state index in [2.05, 4.69) is 43.4 Å². The highest BCUT2D eigenvalue weighted by molar-refractivity contribution is 5.26. The first-order valence-electron chi connectivity index (χ1n) is 8.23. The van der Waals surface area contributed by atoms with E-state index in [0.717, 1.165) is 25.7 Å². The van der Waals surface area contributed by atoms with Crippen LogP contribution >= 0.6 is 0 Å². The Balaban J connectivity index is 1.92. The SMILES string of the molecule is CCOCc1ccccc1CNC1CCCCC1CC. The molecule has 112 valence electrons. The largest absolute Gasteiger partial charge is 0.377 e. The van der Waals surface area contributed by atoms with Crippen molar-refractivity contribution in [3.8, 4) is 0 Å². The fraction of sp³-hybridized carbons (Fsp3) is 0.667. The average Bonchev–Trinajstić information content (AvgIpc) is 2.52. The van der Waals surface area contributed by atoms with Gasteiger partial charge in [0.05, 0.1) is 6.61 Å². The molecule has 0 bridgehead atoms. The topological polar surface area (TPSA) is 21.3 Å². The molecule has 2 atom stereocenters. The number of ether oxygens (including phenoxy) is 1. The first kappa shape index (κ1) is 15.5. The van der Waals surface area contributed by atoms with Crippen LogP contribution in [0, 0.1) is 5.92 Å². The smallest absolute Gasteiger partial charge is 0.0719 e. The molecule has 0 amide bonds. The van der Waals surface area contributed by atoms with Gasteiger partial charge in [-0.05, 0) is 36.8 Å². The summed E-state index contributed by atoms with van der Waals surface area (Å²) in [4.78, 5) is 0. The Morgan fingerprint density at radius 3 is 2.60 bits per heavy atom. The van der Waals surface area contributed by atoms with Crippen molar-refractivity contribution in [1.82, 2.24) is 5.32 Å². The quantitative estimate of drug-likeness (QED) is 0.802. The van der Waals surface area contributed by atoms with Gasteiger partial charge < -0.3 is 10.1 Å². The van der Waals surface area contributed by atoms with E-state index < -0.39 is 0 Å². The van der Waals surface area contributed by atoms with Crippen LogP contribution in [0.2, 0.25) is 0 Å². The second kappa shape index (κ2) is 8.43. The molecular weight excluding hydrogens is 246 g/mol. The van der Waals surface area contributed by atoms with E-state index in [-0.39, 0.29) is 0 Å². The maximum atomic E-state index is 5.57. The third kappa shape index (κ3) is 4.32. The molecule has 1 fully saturated rings. The van der Waals surface area contributed by atoms with Crippen LogP contribution in [0.3, 0.4) is 0 Å². The summed E-state index contributed by atoms with van der Waals surface area (Å²) in [7, 11) is 0. The molecule has 20 heavy (non-hydrogen) atoms. The Morgan fingerprint density at radius 1 is 1.10 bits per heavy atom. The van der Waals surface area contributed by atoms with Gasteiger partial charge in [-0.1, -0.05) is 50.5 Å². The fourth-order valence-corrected chi connectivity index (χ4v) is 3.29. The molecule has 0 spiro atoms. The van der Waals surface area contributed by atoms with Crippen molar-refractivity contribution >= 4 is 0 Å². The Morgan fingerprint density at radius 2 is 1.85 bits per heavy atom. The van der Waals surface area contributed by atoms with Gasteiger partial charge >= 0.3 is 0 Å². The Labute approximate surface area is 123 Å². The summed E-state index contributed by atoms with van der Waals surface area (Å²) in [6.45, 7) is 6.87.